The number of hydrogen-bond acceptors (Lipinski definition) is 5. The van der Waals surface area contributed by atoms with Crippen LogP contribution >= 0.6 is 0 Å². The second-order valence-corrected chi connectivity index (χ2v) is 7.05. The number of carbonyl (C=O) groups excluding carboxylic acids is 1. The zero-order valence-corrected chi connectivity index (χ0v) is 15.2. The Morgan fingerprint density at radius 2 is 2.04 bits per heavy atom. The molecule has 0 radical (unpaired) electrons. The van der Waals surface area contributed by atoms with Gasteiger partial charge in [0.2, 0.25) is 5.91 Å². The molecule has 1 aromatic heterocycles. The van der Waals surface area contributed by atoms with E-state index in [2.05, 4.69) is 6.07 Å². The van der Waals surface area contributed by atoms with Gasteiger partial charge in [-0.2, -0.15) is 5.26 Å². The van der Waals surface area contributed by atoms with Crippen LogP contribution in [0.2, 0.25) is 0 Å². The summed E-state index contributed by atoms with van der Waals surface area (Å²) in [6, 6.07) is 14.3. The molecule has 2 heterocycles. The van der Waals surface area contributed by atoms with Gasteiger partial charge in [-0.25, -0.2) is 0 Å². The van der Waals surface area contributed by atoms with Gasteiger partial charge in [0.25, 0.3) is 0 Å². The number of carbonyl (C=O) groups is 1. The number of primary amides is 1. The molecule has 1 amide bonds. The van der Waals surface area contributed by atoms with E-state index in [-0.39, 0.29) is 12.5 Å². The Morgan fingerprint density at radius 3 is 2.70 bits per heavy atom. The first-order valence-electron chi connectivity index (χ1n) is 8.98. The van der Waals surface area contributed by atoms with E-state index in [9.17, 15) is 10.1 Å². The molecule has 0 aliphatic carbocycles. The molecular formula is C21H21N3O3. The first-order chi connectivity index (χ1) is 13.1. The maximum Gasteiger partial charge on any atom is 0.231 e. The molecule has 2 N–H and O–H groups in total. The van der Waals surface area contributed by atoms with Gasteiger partial charge in [-0.15, -0.1) is 0 Å². The number of piperidine rings is 1. The highest BCUT2D eigenvalue weighted by Crippen LogP contribution is 2.44. The third-order valence-electron chi connectivity index (χ3n) is 5.53. The van der Waals surface area contributed by atoms with E-state index >= 15 is 0 Å². The molecule has 4 rings (SSSR count). The summed E-state index contributed by atoms with van der Waals surface area (Å²) < 4.78 is 11.6. The summed E-state index contributed by atoms with van der Waals surface area (Å²) in [5.74, 6) is 0.316. The molecule has 138 valence electrons. The Kier molecular flexibility index (Phi) is 4.25. The molecule has 1 fully saturated rings. The Labute approximate surface area is 157 Å². The van der Waals surface area contributed by atoms with Crippen LogP contribution in [0.15, 0.2) is 40.8 Å². The number of nitrogens with two attached hydrogens (primary N) is 1. The van der Waals surface area contributed by atoms with Crippen LogP contribution in [0, 0.1) is 11.3 Å². The van der Waals surface area contributed by atoms with E-state index in [1.807, 2.05) is 41.3 Å². The normalized spacial score (nSPS) is 17.0. The van der Waals surface area contributed by atoms with Crippen molar-refractivity contribution in [3.63, 3.8) is 0 Å². The van der Waals surface area contributed by atoms with E-state index in [0.717, 1.165) is 21.9 Å². The number of para-hydroxylation sites is 1. The summed E-state index contributed by atoms with van der Waals surface area (Å²) in [5.41, 5.74) is 7.09. The number of fused-ring (bicyclic) bond motifs is 3. The number of nitrogens with zero attached hydrogens (tertiary/aromatic N) is 2. The lowest BCUT2D eigenvalue weighted by Gasteiger charge is -2.37. The molecule has 1 aliphatic rings. The number of amides is 1. The highest BCUT2D eigenvalue weighted by Gasteiger charge is 2.39. The topological polar surface area (TPSA) is 92.5 Å². The summed E-state index contributed by atoms with van der Waals surface area (Å²) in [4.78, 5) is 13.2. The van der Waals surface area contributed by atoms with Gasteiger partial charge in [-0.1, -0.05) is 24.3 Å². The van der Waals surface area contributed by atoms with E-state index in [1.165, 1.54) is 0 Å². The van der Waals surface area contributed by atoms with Crippen molar-refractivity contribution in [1.29, 1.82) is 5.26 Å². The highest BCUT2D eigenvalue weighted by atomic mass is 16.5. The van der Waals surface area contributed by atoms with Crippen molar-refractivity contribution in [2.75, 3.05) is 26.7 Å². The third kappa shape index (κ3) is 2.81. The van der Waals surface area contributed by atoms with E-state index in [0.29, 0.717) is 37.3 Å². The minimum Gasteiger partial charge on any atom is -0.493 e. The summed E-state index contributed by atoms with van der Waals surface area (Å²) in [7, 11) is 1.62. The quantitative estimate of drug-likeness (QED) is 0.769. The zero-order valence-electron chi connectivity index (χ0n) is 15.2. The Hall–Kier alpha value is -3.04. The molecule has 0 spiro atoms. The standard InChI is InChI=1S/C21H21N3O3/c1-26-17-7-6-15(19-14-4-2-3-5-16(14)27-20(17)19)21(13-22)8-10-24(11-9-21)12-18(23)25/h2-7H,8-12H2,1H3,(H2,23,25). The number of methoxy groups -OCH3 is 1. The number of rotatable bonds is 4. The lowest BCUT2D eigenvalue weighted by Crippen LogP contribution is -2.45. The van der Waals surface area contributed by atoms with Crippen LogP contribution in [0.4, 0.5) is 0 Å². The second-order valence-electron chi connectivity index (χ2n) is 7.05. The lowest BCUT2D eigenvalue weighted by atomic mass is 9.72. The number of furan rings is 1. The van der Waals surface area contributed by atoms with Gasteiger partial charge in [0, 0.05) is 23.9 Å². The molecular weight excluding hydrogens is 342 g/mol. The van der Waals surface area contributed by atoms with Crippen LogP contribution in [0.1, 0.15) is 18.4 Å². The van der Waals surface area contributed by atoms with E-state index in [1.54, 1.807) is 7.11 Å². The van der Waals surface area contributed by atoms with Crippen LogP contribution < -0.4 is 10.5 Å². The maximum atomic E-state index is 11.2. The van der Waals surface area contributed by atoms with Crippen LogP contribution in [-0.2, 0) is 10.2 Å². The van der Waals surface area contributed by atoms with E-state index in [4.69, 9.17) is 14.9 Å². The third-order valence-corrected chi connectivity index (χ3v) is 5.53. The van der Waals surface area contributed by atoms with Crippen molar-refractivity contribution >= 4 is 27.8 Å². The first-order valence-corrected chi connectivity index (χ1v) is 8.98. The Balaban J connectivity index is 1.86. The molecule has 2 aromatic carbocycles. The Bertz CT molecular complexity index is 1060. The number of nitriles is 1. The molecule has 27 heavy (non-hydrogen) atoms. The van der Waals surface area contributed by atoms with Crippen molar-refractivity contribution in [2.45, 2.75) is 18.3 Å². The summed E-state index contributed by atoms with van der Waals surface area (Å²) in [5, 5.41) is 12.1. The van der Waals surface area contributed by atoms with Gasteiger partial charge in [-0.3, -0.25) is 9.69 Å². The molecule has 1 saturated heterocycles. The largest absolute Gasteiger partial charge is 0.493 e. The summed E-state index contributed by atoms with van der Waals surface area (Å²) in [6.07, 6.45) is 1.27. The van der Waals surface area contributed by atoms with Gasteiger partial charge in [0.1, 0.15) is 5.58 Å². The second kappa shape index (κ2) is 6.60. The average molecular weight is 363 g/mol. The predicted molar refractivity (Wildman–Crippen MR) is 102 cm³/mol. The fraction of sp³-hybridized carbons (Fsp3) is 0.333. The number of ether oxygens (including phenoxy) is 1. The number of benzene rings is 2. The first kappa shape index (κ1) is 17.4. The molecule has 6 heteroatoms. The van der Waals surface area contributed by atoms with Crippen molar-refractivity contribution in [1.82, 2.24) is 4.90 Å². The molecule has 0 bridgehead atoms. The lowest BCUT2D eigenvalue weighted by molar-refractivity contribution is -0.119. The molecule has 0 saturated carbocycles. The minimum absolute atomic E-state index is 0.230. The van der Waals surface area contributed by atoms with Crippen molar-refractivity contribution in [3.8, 4) is 11.8 Å². The van der Waals surface area contributed by atoms with E-state index < -0.39 is 5.41 Å². The van der Waals surface area contributed by atoms with Crippen LogP contribution in [0.5, 0.6) is 5.75 Å². The van der Waals surface area contributed by atoms with Gasteiger partial charge in [-0.05, 0) is 30.5 Å². The van der Waals surface area contributed by atoms with Crippen molar-refractivity contribution < 1.29 is 13.9 Å². The fourth-order valence-electron chi connectivity index (χ4n) is 4.12. The summed E-state index contributed by atoms with van der Waals surface area (Å²) >= 11 is 0. The van der Waals surface area contributed by atoms with Crippen molar-refractivity contribution in [2.24, 2.45) is 5.73 Å². The SMILES string of the molecule is COc1ccc(C2(C#N)CCN(CC(N)=O)CC2)c2c1oc1ccccc12. The molecule has 0 unspecified atom stereocenters. The molecule has 1 aliphatic heterocycles. The van der Waals surface area contributed by atoms with Crippen LogP contribution in [0.3, 0.4) is 0 Å². The molecule has 6 nitrogen and oxygen atoms in total. The smallest absolute Gasteiger partial charge is 0.231 e. The van der Waals surface area contributed by atoms with Gasteiger partial charge in [0.15, 0.2) is 11.3 Å². The zero-order chi connectivity index (χ0) is 19.0. The maximum absolute atomic E-state index is 11.2. The highest BCUT2D eigenvalue weighted by molar-refractivity contribution is 6.09. The van der Waals surface area contributed by atoms with Crippen LogP contribution in [-0.4, -0.2) is 37.6 Å². The van der Waals surface area contributed by atoms with Crippen molar-refractivity contribution in [3.05, 3.63) is 42.0 Å². The average Bonchev–Trinajstić information content (AvgIpc) is 3.07. The monoisotopic (exact) mass is 363 g/mol. The van der Waals surface area contributed by atoms with Gasteiger partial charge < -0.3 is 14.9 Å². The van der Waals surface area contributed by atoms with Crippen LogP contribution in [0.25, 0.3) is 21.9 Å². The fourth-order valence-corrected chi connectivity index (χ4v) is 4.12. The predicted octanol–water partition coefficient (Wildman–Crippen LogP) is 2.94. The number of likely N-dealkylation sites (tertiary alicyclic amines) is 1. The van der Waals surface area contributed by atoms with Gasteiger partial charge >= 0.3 is 0 Å². The molecule has 3 aromatic rings. The number of hydrogen-bond donors (Lipinski definition) is 1. The van der Waals surface area contributed by atoms with Gasteiger partial charge in [0.05, 0.1) is 25.1 Å². The minimum atomic E-state index is -0.634. The Morgan fingerprint density at radius 1 is 1.30 bits per heavy atom. The molecule has 0 atom stereocenters. The summed E-state index contributed by atoms with van der Waals surface area (Å²) in [6.45, 7) is 1.54.